The van der Waals surface area contributed by atoms with Crippen LogP contribution >= 0.6 is 0 Å². The second-order valence-electron chi connectivity index (χ2n) is 2.30. The maximum absolute atomic E-state index is 4.09. The summed E-state index contributed by atoms with van der Waals surface area (Å²) in [6.07, 6.45) is 8.65. The van der Waals surface area contributed by atoms with Crippen LogP contribution in [0.2, 0.25) is 0 Å². The summed E-state index contributed by atoms with van der Waals surface area (Å²) in [5.41, 5.74) is 1.76. The van der Waals surface area contributed by atoms with E-state index in [1.165, 1.54) is 0 Å². The van der Waals surface area contributed by atoms with Gasteiger partial charge in [0.15, 0.2) is 0 Å². The lowest BCUT2D eigenvalue weighted by Crippen LogP contribution is -1.81. The number of aliphatic imine (C=N–C) groups is 1. The van der Waals surface area contributed by atoms with Gasteiger partial charge in [0.05, 0.1) is 11.9 Å². The first-order valence-electron chi connectivity index (χ1n) is 3.76. The van der Waals surface area contributed by atoms with Crippen molar-refractivity contribution >= 4 is 12.3 Å². The molecule has 0 saturated heterocycles. The maximum atomic E-state index is 4.09. The molecule has 0 spiro atoms. The van der Waals surface area contributed by atoms with Gasteiger partial charge in [-0.3, -0.25) is 15.0 Å². The summed E-state index contributed by atoms with van der Waals surface area (Å²) in [6, 6.07) is 0. The molecule has 1 aromatic heterocycles. The standard InChI is InChI=1S/C9H11N3/c1-3-11-8(2)6-9-7-10-4-5-12-9/h3-7H,1-2H3/b8-6-,11-3?. The van der Waals surface area contributed by atoms with Crippen molar-refractivity contribution in [2.45, 2.75) is 13.8 Å². The number of allylic oxidation sites excluding steroid dienone is 1. The fraction of sp³-hybridized carbons (Fsp3) is 0.222. The SMILES string of the molecule is CC=N/C(C)=C\c1cnccn1. The minimum absolute atomic E-state index is 0.834. The van der Waals surface area contributed by atoms with Crippen molar-refractivity contribution < 1.29 is 0 Å². The summed E-state index contributed by atoms with van der Waals surface area (Å²) in [5, 5.41) is 0. The van der Waals surface area contributed by atoms with Gasteiger partial charge in [0.2, 0.25) is 0 Å². The minimum atomic E-state index is 0.834. The lowest BCUT2D eigenvalue weighted by molar-refractivity contribution is 1.17. The van der Waals surface area contributed by atoms with Crippen LogP contribution in [0.3, 0.4) is 0 Å². The van der Waals surface area contributed by atoms with E-state index in [9.17, 15) is 0 Å². The molecule has 3 nitrogen and oxygen atoms in total. The van der Waals surface area contributed by atoms with E-state index < -0.39 is 0 Å². The van der Waals surface area contributed by atoms with Gasteiger partial charge in [0.25, 0.3) is 0 Å². The highest BCUT2D eigenvalue weighted by atomic mass is 14.8. The summed E-state index contributed by atoms with van der Waals surface area (Å²) in [6.45, 7) is 3.81. The molecule has 1 aromatic rings. The average Bonchev–Trinajstić information content (AvgIpc) is 2.06. The van der Waals surface area contributed by atoms with Gasteiger partial charge in [-0.2, -0.15) is 0 Å². The molecule has 0 aromatic carbocycles. The highest BCUT2D eigenvalue weighted by Crippen LogP contribution is 2.01. The zero-order valence-corrected chi connectivity index (χ0v) is 7.23. The van der Waals surface area contributed by atoms with Gasteiger partial charge in [0, 0.05) is 24.3 Å². The van der Waals surface area contributed by atoms with Crippen LogP contribution in [0.5, 0.6) is 0 Å². The van der Waals surface area contributed by atoms with Crippen LogP contribution in [0.25, 0.3) is 6.08 Å². The Morgan fingerprint density at radius 3 is 2.92 bits per heavy atom. The van der Waals surface area contributed by atoms with Gasteiger partial charge >= 0.3 is 0 Å². The van der Waals surface area contributed by atoms with Crippen molar-refractivity contribution in [1.82, 2.24) is 9.97 Å². The van der Waals surface area contributed by atoms with E-state index in [1.807, 2.05) is 19.9 Å². The Kier molecular flexibility index (Phi) is 3.14. The Balaban J connectivity index is 2.81. The van der Waals surface area contributed by atoms with Crippen LogP contribution in [-0.2, 0) is 0 Å². The fourth-order valence-electron chi connectivity index (χ4n) is 0.840. The zero-order chi connectivity index (χ0) is 8.81. The van der Waals surface area contributed by atoms with E-state index in [-0.39, 0.29) is 0 Å². The molecule has 0 aliphatic heterocycles. The Bertz CT molecular complexity index is 288. The van der Waals surface area contributed by atoms with Gasteiger partial charge in [-0.25, -0.2) is 0 Å². The van der Waals surface area contributed by atoms with E-state index in [0.29, 0.717) is 0 Å². The number of rotatable bonds is 2. The van der Waals surface area contributed by atoms with E-state index in [4.69, 9.17) is 0 Å². The number of aromatic nitrogens is 2. The molecule has 0 saturated carbocycles. The fourth-order valence-corrected chi connectivity index (χ4v) is 0.840. The van der Waals surface area contributed by atoms with Crippen LogP contribution in [0.4, 0.5) is 0 Å². The molecule has 0 aliphatic rings. The minimum Gasteiger partial charge on any atom is -0.266 e. The Hall–Kier alpha value is -1.51. The number of hydrogen-bond acceptors (Lipinski definition) is 3. The van der Waals surface area contributed by atoms with Crippen molar-refractivity contribution in [2.24, 2.45) is 4.99 Å². The molecule has 1 heterocycles. The first kappa shape index (κ1) is 8.59. The molecule has 0 bridgehead atoms. The van der Waals surface area contributed by atoms with Crippen LogP contribution in [0.15, 0.2) is 29.3 Å². The molecule has 12 heavy (non-hydrogen) atoms. The van der Waals surface area contributed by atoms with Crippen molar-refractivity contribution in [2.75, 3.05) is 0 Å². The van der Waals surface area contributed by atoms with E-state index in [1.54, 1.807) is 24.8 Å². The molecule has 0 aliphatic carbocycles. The van der Waals surface area contributed by atoms with Crippen LogP contribution in [-0.4, -0.2) is 16.2 Å². The predicted molar refractivity (Wildman–Crippen MR) is 49.8 cm³/mol. The van der Waals surface area contributed by atoms with Gasteiger partial charge in [-0.1, -0.05) is 0 Å². The molecule has 3 heteroatoms. The predicted octanol–water partition coefficient (Wildman–Crippen LogP) is 1.93. The smallest absolute Gasteiger partial charge is 0.0830 e. The molecule has 1 rings (SSSR count). The number of nitrogens with zero attached hydrogens (tertiary/aromatic N) is 3. The zero-order valence-electron chi connectivity index (χ0n) is 7.23. The lowest BCUT2D eigenvalue weighted by atomic mass is 10.3. The van der Waals surface area contributed by atoms with Crippen molar-refractivity contribution in [3.63, 3.8) is 0 Å². The molecular weight excluding hydrogens is 150 g/mol. The Morgan fingerprint density at radius 1 is 1.50 bits per heavy atom. The summed E-state index contributed by atoms with van der Waals surface area (Å²) < 4.78 is 0. The Labute approximate surface area is 71.9 Å². The lowest BCUT2D eigenvalue weighted by Gasteiger charge is -1.91. The quantitative estimate of drug-likeness (QED) is 0.621. The molecule has 0 N–H and O–H groups in total. The molecule has 62 valence electrons. The monoisotopic (exact) mass is 161 g/mol. The van der Waals surface area contributed by atoms with Crippen LogP contribution < -0.4 is 0 Å². The van der Waals surface area contributed by atoms with Gasteiger partial charge in [-0.05, 0) is 19.9 Å². The van der Waals surface area contributed by atoms with Gasteiger partial charge in [0.1, 0.15) is 0 Å². The van der Waals surface area contributed by atoms with Crippen LogP contribution in [0, 0.1) is 0 Å². The first-order chi connectivity index (χ1) is 5.83. The summed E-state index contributed by atoms with van der Waals surface area (Å²) >= 11 is 0. The van der Waals surface area contributed by atoms with Crippen molar-refractivity contribution in [3.8, 4) is 0 Å². The highest BCUT2D eigenvalue weighted by Gasteiger charge is 1.87. The van der Waals surface area contributed by atoms with Gasteiger partial charge in [-0.15, -0.1) is 0 Å². The van der Waals surface area contributed by atoms with E-state index >= 15 is 0 Å². The third kappa shape index (κ3) is 2.62. The third-order valence-corrected chi connectivity index (χ3v) is 1.27. The molecule has 0 atom stereocenters. The van der Waals surface area contributed by atoms with Crippen LogP contribution in [0.1, 0.15) is 19.5 Å². The van der Waals surface area contributed by atoms with Crippen molar-refractivity contribution in [1.29, 1.82) is 0 Å². The van der Waals surface area contributed by atoms with E-state index in [2.05, 4.69) is 15.0 Å². The molecule has 0 fully saturated rings. The normalized spacial score (nSPS) is 12.3. The molecule has 0 unspecified atom stereocenters. The molecular formula is C9H11N3. The van der Waals surface area contributed by atoms with Crippen molar-refractivity contribution in [3.05, 3.63) is 30.0 Å². The first-order valence-corrected chi connectivity index (χ1v) is 3.76. The molecule has 0 radical (unpaired) electrons. The summed E-state index contributed by atoms with van der Waals surface area (Å²) in [5.74, 6) is 0. The van der Waals surface area contributed by atoms with Gasteiger partial charge < -0.3 is 0 Å². The third-order valence-electron chi connectivity index (χ3n) is 1.27. The average molecular weight is 161 g/mol. The Morgan fingerprint density at radius 2 is 2.33 bits per heavy atom. The largest absolute Gasteiger partial charge is 0.266 e. The van der Waals surface area contributed by atoms with E-state index in [0.717, 1.165) is 11.4 Å². The number of hydrogen-bond donors (Lipinski definition) is 0. The highest BCUT2D eigenvalue weighted by molar-refractivity contribution is 5.58. The molecule has 0 amide bonds. The summed E-state index contributed by atoms with van der Waals surface area (Å²) in [4.78, 5) is 12.1. The topological polar surface area (TPSA) is 38.1 Å². The maximum Gasteiger partial charge on any atom is 0.0830 e. The second kappa shape index (κ2) is 4.38. The summed E-state index contributed by atoms with van der Waals surface area (Å²) in [7, 11) is 0. The second-order valence-corrected chi connectivity index (χ2v) is 2.30.